The lowest BCUT2D eigenvalue weighted by atomic mass is 10.2. The lowest BCUT2D eigenvalue weighted by molar-refractivity contribution is -0.142. The molecule has 0 radical (unpaired) electrons. The molecule has 9 heteroatoms. The molecule has 0 aliphatic carbocycles. The first-order valence-electron chi connectivity index (χ1n) is 6.01. The minimum atomic E-state index is -4.54. The van der Waals surface area contributed by atoms with E-state index in [4.69, 9.17) is 4.74 Å². The van der Waals surface area contributed by atoms with E-state index >= 15 is 0 Å². The second-order valence-corrected chi connectivity index (χ2v) is 4.54. The van der Waals surface area contributed by atoms with Crippen molar-refractivity contribution in [3.63, 3.8) is 0 Å². The number of aromatic amines is 1. The van der Waals surface area contributed by atoms with Crippen LogP contribution in [0.5, 0.6) is 0 Å². The van der Waals surface area contributed by atoms with Gasteiger partial charge in [-0.05, 0) is 13.0 Å². The number of alkyl halides is 3. The summed E-state index contributed by atoms with van der Waals surface area (Å²) < 4.78 is 43.7. The number of nitrogens with zero attached hydrogens (tertiary/aromatic N) is 2. The molecule has 0 amide bonds. The Morgan fingerprint density at radius 3 is 2.76 bits per heavy atom. The zero-order valence-corrected chi connectivity index (χ0v) is 11.2. The Hall–Kier alpha value is -2.32. The molecule has 2 heterocycles. The van der Waals surface area contributed by atoms with E-state index in [2.05, 4.69) is 9.97 Å². The van der Waals surface area contributed by atoms with Gasteiger partial charge in [-0.25, -0.2) is 9.78 Å². The highest BCUT2D eigenvalue weighted by molar-refractivity contribution is 5.71. The molecular weight excluding hydrogens is 291 g/mol. The number of hydrogen-bond acceptors (Lipinski definition) is 4. The number of fused-ring (bicyclic) bond motifs is 1. The van der Waals surface area contributed by atoms with E-state index in [-0.39, 0.29) is 17.8 Å². The highest BCUT2D eigenvalue weighted by Gasteiger charge is 2.31. The van der Waals surface area contributed by atoms with Gasteiger partial charge in [0.15, 0.2) is 5.65 Å². The Morgan fingerprint density at radius 1 is 1.52 bits per heavy atom. The van der Waals surface area contributed by atoms with Crippen LogP contribution in [0.3, 0.4) is 0 Å². The standard InChI is InChI=1S/C12H12F3N3O3/c1-6(5-21-7(2)19)18-10-9(17-11(18)20)3-8(4-16-10)12(13,14)15/h3-4,6H,5H2,1-2H3,(H,17,20)/t6-/m1/s1. The van der Waals surface area contributed by atoms with E-state index in [1.54, 1.807) is 6.92 Å². The first kappa shape index (κ1) is 15.1. The van der Waals surface area contributed by atoms with Gasteiger partial charge >= 0.3 is 17.8 Å². The molecule has 0 aliphatic heterocycles. The van der Waals surface area contributed by atoms with E-state index in [0.717, 1.165) is 10.6 Å². The number of aromatic nitrogens is 3. The summed E-state index contributed by atoms with van der Waals surface area (Å²) in [5, 5.41) is 0. The van der Waals surface area contributed by atoms with Crippen molar-refractivity contribution >= 4 is 17.1 Å². The van der Waals surface area contributed by atoms with Gasteiger partial charge in [0, 0.05) is 13.1 Å². The lowest BCUT2D eigenvalue weighted by Crippen LogP contribution is -2.24. The molecule has 0 unspecified atom stereocenters. The van der Waals surface area contributed by atoms with Crippen LogP contribution in [0, 0.1) is 0 Å². The third kappa shape index (κ3) is 3.06. The molecule has 0 saturated heterocycles. The van der Waals surface area contributed by atoms with Crippen LogP contribution < -0.4 is 5.69 Å². The molecule has 0 saturated carbocycles. The SMILES string of the molecule is CC(=O)OC[C@@H](C)n1c(=O)[nH]c2cc(C(F)(F)F)cnc21. The lowest BCUT2D eigenvalue weighted by Gasteiger charge is -2.12. The highest BCUT2D eigenvalue weighted by atomic mass is 19.4. The smallest absolute Gasteiger partial charge is 0.417 e. The van der Waals surface area contributed by atoms with E-state index in [1.165, 1.54) is 6.92 Å². The van der Waals surface area contributed by atoms with Gasteiger partial charge in [0.1, 0.15) is 6.61 Å². The monoisotopic (exact) mass is 303 g/mol. The molecule has 1 N–H and O–H groups in total. The van der Waals surface area contributed by atoms with E-state index in [0.29, 0.717) is 6.20 Å². The van der Waals surface area contributed by atoms with Crippen molar-refractivity contribution in [1.29, 1.82) is 0 Å². The van der Waals surface area contributed by atoms with Crippen molar-refractivity contribution in [2.45, 2.75) is 26.1 Å². The van der Waals surface area contributed by atoms with Crippen molar-refractivity contribution < 1.29 is 22.7 Å². The average molecular weight is 303 g/mol. The van der Waals surface area contributed by atoms with Crippen LogP contribution >= 0.6 is 0 Å². The van der Waals surface area contributed by atoms with Crippen molar-refractivity contribution in [3.8, 4) is 0 Å². The number of nitrogens with one attached hydrogen (secondary N) is 1. The number of halogens is 3. The summed E-state index contributed by atoms with van der Waals surface area (Å²) in [4.78, 5) is 28.6. The molecule has 0 spiro atoms. The molecule has 21 heavy (non-hydrogen) atoms. The van der Waals surface area contributed by atoms with Crippen LogP contribution in [-0.2, 0) is 15.7 Å². The fraction of sp³-hybridized carbons (Fsp3) is 0.417. The average Bonchev–Trinajstić information content (AvgIpc) is 2.69. The summed E-state index contributed by atoms with van der Waals surface area (Å²) in [6, 6.07) is 0.262. The maximum atomic E-state index is 12.6. The molecule has 0 fully saturated rings. The number of rotatable bonds is 3. The topological polar surface area (TPSA) is 77.0 Å². The summed E-state index contributed by atoms with van der Waals surface area (Å²) in [6.45, 7) is 2.74. The van der Waals surface area contributed by atoms with Gasteiger partial charge in [-0.2, -0.15) is 13.2 Å². The number of esters is 1. The van der Waals surface area contributed by atoms with Crippen LogP contribution in [0.15, 0.2) is 17.1 Å². The number of pyridine rings is 1. The summed E-state index contributed by atoms with van der Waals surface area (Å²) in [5.41, 5.74) is -1.51. The predicted molar refractivity (Wildman–Crippen MR) is 66.7 cm³/mol. The summed E-state index contributed by atoms with van der Waals surface area (Å²) in [5.74, 6) is -0.512. The molecular formula is C12H12F3N3O3. The molecule has 0 aliphatic rings. The minimum absolute atomic E-state index is 0.0236. The summed E-state index contributed by atoms with van der Waals surface area (Å²) in [6.07, 6.45) is -3.88. The fourth-order valence-electron chi connectivity index (χ4n) is 1.89. The maximum Gasteiger partial charge on any atom is 0.417 e. The van der Waals surface area contributed by atoms with Crippen LogP contribution in [0.25, 0.3) is 11.2 Å². The fourth-order valence-corrected chi connectivity index (χ4v) is 1.89. The van der Waals surface area contributed by atoms with Crippen molar-refractivity contribution in [2.24, 2.45) is 0 Å². The summed E-state index contributed by atoms with van der Waals surface area (Å²) in [7, 11) is 0. The zero-order chi connectivity index (χ0) is 15.8. The normalized spacial score (nSPS) is 13.4. The number of ether oxygens (including phenoxy) is 1. The largest absolute Gasteiger partial charge is 0.464 e. The third-order valence-electron chi connectivity index (χ3n) is 2.85. The number of hydrogen-bond donors (Lipinski definition) is 1. The van der Waals surface area contributed by atoms with Gasteiger partial charge < -0.3 is 9.72 Å². The van der Waals surface area contributed by atoms with Crippen LogP contribution in [-0.4, -0.2) is 27.1 Å². The van der Waals surface area contributed by atoms with Crippen molar-refractivity contribution in [2.75, 3.05) is 6.61 Å². The number of H-pyrrole nitrogens is 1. The van der Waals surface area contributed by atoms with E-state index in [9.17, 15) is 22.8 Å². The molecule has 114 valence electrons. The quantitative estimate of drug-likeness (QED) is 0.878. The number of imidazole rings is 1. The second kappa shape index (κ2) is 5.23. The zero-order valence-electron chi connectivity index (χ0n) is 11.2. The van der Waals surface area contributed by atoms with Crippen LogP contribution in [0.2, 0.25) is 0 Å². The Morgan fingerprint density at radius 2 is 2.19 bits per heavy atom. The molecule has 0 aromatic carbocycles. The van der Waals surface area contributed by atoms with Gasteiger partial charge in [-0.1, -0.05) is 0 Å². The van der Waals surface area contributed by atoms with E-state index in [1.807, 2.05) is 0 Å². The highest BCUT2D eigenvalue weighted by Crippen LogP contribution is 2.30. The van der Waals surface area contributed by atoms with Crippen molar-refractivity contribution in [3.05, 3.63) is 28.3 Å². The van der Waals surface area contributed by atoms with Gasteiger partial charge in [-0.15, -0.1) is 0 Å². The van der Waals surface area contributed by atoms with Crippen LogP contribution in [0.4, 0.5) is 13.2 Å². The summed E-state index contributed by atoms with van der Waals surface area (Å²) >= 11 is 0. The molecule has 0 bridgehead atoms. The molecule has 2 aromatic heterocycles. The predicted octanol–water partition coefficient (Wildman–Crippen LogP) is 1.87. The molecule has 2 rings (SSSR count). The number of carbonyl (C=O) groups is 1. The molecule has 2 aromatic rings. The minimum Gasteiger partial charge on any atom is -0.464 e. The maximum absolute atomic E-state index is 12.6. The Kier molecular flexibility index (Phi) is 3.75. The third-order valence-corrected chi connectivity index (χ3v) is 2.85. The van der Waals surface area contributed by atoms with Gasteiger partial charge in [0.25, 0.3) is 0 Å². The van der Waals surface area contributed by atoms with Gasteiger partial charge in [0.05, 0.1) is 17.1 Å². The molecule has 1 atom stereocenters. The first-order chi connectivity index (χ1) is 9.70. The Balaban J connectivity index is 2.44. The molecule has 6 nitrogen and oxygen atoms in total. The Labute approximate surface area is 116 Å². The van der Waals surface area contributed by atoms with Gasteiger partial charge in [0.2, 0.25) is 0 Å². The van der Waals surface area contributed by atoms with E-state index < -0.39 is 29.4 Å². The number of carbonyl (C=O) groups excluding carboxylic acids is 1. The van der Waals surface area contributed by atoms with Crippen LogP contribution in [0.1, 0.15) is 25.5 Å². The second-order valence-electron chi connectivity index (χ2n) is 4.54. The first-order valence-corrected chi connectivity index (χ1v) is 6.01. The van der Waals surface area contributed by atoms with Crippen molar-refractivity contribution in [1.82, 2.24) is 14.5 Å². The van der Waals surface area contributed by atoms with Gasteiger partial charge in [-0.3, -0.25) is 9.36 Å². The Bertz CT molecular complexity index is 733.